The van der Waals surface area contributed by atoms with Crippen LogP contribution in [0.25, 0.3) is 23.3 Å². The molecule has 116 valence electrons. The maximum absolute atomic E-state index is 12.6. The molecule has 0 bridgehead atoms. The van der Waals surface area contributed by atoms with E-state index in [-0.39, 0.29) is 0 Å². The molecule has 3 rings (SSSR count). The molecule has 1 heterocycles. The van der Waals surface area contributed by atoms with E-state index in [1.54, 1.807) is 6.20 Å². The summed E-state index contributed by atoms with van der Waals surface area (Å²) in [7, 11) is 0. The van der Waals surface area contributed by atoms with E-state index in [4.69, 9.17) is 0 Å². The summed E-state index contributed by atoms with van der Waals surface area (Å²) >= 11 is 0. The number of aromatic nitrogens is 3. The number of H-pyrrole nitrogens is 1. The molecule has 0 unspecified atom stereocenters. The van der Waals surface area contributed by atoms with Gasteiger partial charge in [-0.3, -0.25) is 0 Å². The van der Waals surface area contributed by atoms with Crippen LogP contribution in [0.3, 0.4) is 0 Å². The fourth-order valence-corrected chi connectivity index (χ4v) is 2.11. The first kappa shape index (κ1) is 15.0. The molecular formula is C17H12F3N3. The monoisotopic (exact) mass is 315 g/mol. The van der Waals surface area contributed by atoms with Gasteiger partial charge in [0.25, 0.3) is 0 Å². The van der Waals surface area contributed by atoms with E-state index in [9.17, 15) is 13.2 Å². The lowest BCUT2D eigenvalue weighted by molar-refractivity contribution is -0.137. The van der Waals surface area contributed by atoms with Gasteiger partial charge in [-0.1, -0.05) is 42.5 Å². The Hall–Kier alpha value is -2.89. The molecule has 0 atom stereocenters. The normalized spacial score (nSPS) is 12.0. The van der Waals surface area contributed by atoms with Crippen LogP contribution < -0.4 is 0 Å². The summed E-state index contributed by atoms with van der Waals surface area (Å²) in [6.45, 7) is 0. The average molecular weight is 315 g/mol. The highest BCUT2D eigenvalue weighted by molar-refractivity contribution is 5.71. The van der Waals surface area contributed by atoms with Gasteiger partial charge in [0, 0.05) is 0 Å². The molecule has 3 nitrogen and oxygen atoms in total. The van der Waals surface area contributed by atoms with Gasteiger partial charge in [0.2, 0.25) is 0 Å². The fourth-order valence-electron chi connectivity index (χ4n) is 2.11. The summed E-state index contributed by atoms with van der Waals surface area (Å²) in [5.74, 6) is 0. The van der Waals surface area contributed by atoms with Crippen LogP contribution in [0.2, 0.25) is 0 Å². The van der Waals surface area contributed by atoms with Gasteiger partial charge in [0.05, 0.1) is 11.8 Å². The molecule has 6 heteroatoms. The third kappa shape index (κ3) is 3.66. The molecule has 0 aliphatic rings. The molecule has 0 aliphatic carbocycles. The summed E-state index contributed by atoms with van der Waals surface area (Å²) in [5.41, 5.74) is 2.64. The van der Waals surface area contributed by atoms with Crippen LogP contribution in [0.4, 0.5) is 13.2 Å². The zero-order chi connectivity index (χ0) is 16.3. The van der Waals surface area contributed by atoms with Gasteiger partial charge in [0.15, 0.2) is 0 Å². The lowest BCUT2D eigenvalue weighted by atomic mass is 10.0. The minimum Gasteiger partial charge on any atom is -0.197 e. The standard InChI is InChI=1S/C17H12F3N3/c18-17(19,20)15-8-6-14(7-9-15)13-4-1-12(2-5-13)3-10-16-11-21-23-22-16/h1-11H,(H,21,22,23). The number of alkyl halides is 3. The molecule has 0 spiro atoms. The number of halogens is 3. The Morgan fingerprint density at radius 1 is 0.826 bits per heavy atom. The van der Waals surface area contributed by atoms with E-state index in [1.165, 1.54) is 12.1 Å². The van der Waals surface area contributed by atoms with Crippen LogP contribution in [0.15, 0.2) is 54.7 Å². The number of rotatable bonds is 3. The van der Waals surface area contributed by atoms with Crippen LogP contribution in [0.1, 0.15) is 16.8 Å². The van der Waals surface area contributed by atoms with E-state index < -0.39 is 11.7 Å². The van der Waals surface area contributed by atoms with Crippen molar-refractivity contribution in [2.75, 3.05) is 0 Å². The molecule has 0 fully saturated rings. The van der Waals surface area contributed by atoms with Crippen molar-refractivity contribution in [3.8, 4) is 11.1 Å². The number of nitrogens with zero attached hydrogens (tertiary/aromatic N) is 2. The van der Waals surface area contributed by atoms with Gasteiger partial charge < -0.3 is 0 Å². The molecule has 23 heavy (non-hydrogen) atoms. The Labute approximate surface area is 130 Å². The van der Waals surface area contributed by atoms with E-state index in [1.807, 2.05) is 36.4 Å². The van der Waals surface area contributed by atoms with Gasteiger partial charge >= 0.3 is 6.18 Å². The second kappa shape index (κ2) is 6.08. The van der Waals surface area contributed by atoms with Crippen molar-refractivity contribution in [2.45, 2.75) is 6.18 Å². The highest BCUT2D eigenvalue weighted by Crippen LogP contribution is 2.31. The lowest BCUT2D eigenvalue weighted by Crippen LogP contribution is -2.03. The van der Waals surface area contributed by atoms with Crippen molar-refractivity contribution in [1.82, 2.24) is 15.4 Å². The Morgan fingerprint density at radius 2 is 1.43 bits per heavy atom. The molecule has 0 saturated carbocycles. The van der Waals surface area contributed by atoms with Gasteiger partial charge in [-0.05, 0) is 34.9 Å². The minimum absolute atomic E-state index is 0.645. The molecule has 2 aromatic carbocycles. The topological polar surface area (TPSA) is 41.6 Å². The summed E-state index contributed by atoms with van der Waals surface area (Å²) in [4.78, 5) is 0. The molecule has 0 amide bonds. The smallest absolute Gasteiger partial charge is 0.197 e. The molecule has 0 aliphatic heterocycles. The third-order valence-corrected chi connectivity index (χ3v) is 3.34. The Balaban J connectivity index is 1.77. The van der Waals surface area contributed by atoms with Crippen molar-refractivity contribution >= 4 is 12.2 Å². The van der Waals surface area contributed by atoms with Crippen molar-refractivity contribution in [3.05, 3.63) is 71.5 Å². The maximum Gasteiger partial charge on any atom is 0.416 e. The minimum atomic E-state index is -4.31. The van der Waals surface area contributed by atoms with Crippen molar-refractivity contribution in [1.29, 1.82) is 0 Å². The predicted octanol–water partition coefficient (Wildman–Crippen LogP) is 4.66. The Kier molecular flexibility index (Phi) is 3.97. The van der Waals surface area contributed by atoms with Crippen LogP contribution in [-0.2, 0) is 6.18 Å². The summed E-state index contributed by atoms with van der Waals surface area (Å²) < 4.78 is 37.7. The van der Waals surface area contributed by atoms with Crippen LogP contribution >= 0.6 is 0 Å². The molecule has 0 saturated heterocycles. The first-order valence-corrected chi connectivity index (χ1v) is 6.84. The fraction of sp³-hybridized carbons (Fsp3) is 0.0588. The Morgan fingerprint density at radius 3 is 1.96 bits per heavy atom. The zero-order valence-electron chi connectivity index (χ0n) is 11.9. The second-order valence-corrected chi connectivity index (χ2v) is 4.93. The summed E-state index contributed by atoms with van der Waals surface area (Å²) in [5, 5.41) is 10.1. The molecule has 1 N–H and O–H groups in total. The quantitative estimate of drug-likeness (QED) is 0.763. The largest absolute Gasteiger partial charge is 0.416 e. The van der Waals surface area contributed by atoms with E-state index in [0.717, 1.165) is 34.5 Å². The van der Waals surface area contributed by atoms with Gasteiger partial charge in [-0.15, -0.1) is 0 Å². The van der Waals surface area contributed by atoms with Crippen molar-refractivity contribution in [2.24, 2.45) is 0 Å². The van der Waals surface area contributed by atoms with Gasteiger partial charge in [-0.2, -0.15) is 28.6 Å². The van der Waals surface area contributed by atoms with Gasteiger partial charge in [-0.25, -0.2) is 0 Å². The predicted molar refractivity (Wildman–Crippen MR) is 82.2 cm³/mol. The number of aromatic amines is 1. The highest BCUT2D eigenvalue weighted by atomic mass is 19.4. The zero-order valence-corrected chi connectivity index (χ0v) is 11.9. The van der Waals surface area contributed by atoms with Crippen LogP contribution in [-0.4, -0.2) is 15.4 Å². The van der Waals surface area contributed by atoms with Crippen molar-refractivity contribution < 1.29 is 13.2 Å². The van der Waals surface area contributed by atoms with Gasteiger partial charge in [0.1, 0.15) is 5.69 Å². The molecule has 0 radical (unpaired) electrons. The number of hydrogen-bond acceptors (Lipinski definition) is 2. The average Bonchev–Trinajstić information content (AvgIpc) is 3.06. The second-order valence-electron chi connectivity index (χ2n) is 4.93. The van der Waals surface area contributed by atoms with E-state index in [0.29, 0.717) is 0 Å². The van der Waals surface area contributed by atoms with Crippen LogP contribution in [0, 0.1) is 0 Å². The number of benzene rings is 2. The SMILES string of the molecule is FC(F)(F)c1ccc(-c2ccc(C=Cc3cn[nH]n3)cc2)cc1. The summed E-state index contributed by atoms with van der Waals surface area (Å²) in [6, 6.07) is 12.6. The molecular weight excluding hydrogens is 303 g/mol. The van der Waals surface area contributed by atoms with E-state index in [2.05, 4.69) is 15.4 Å². The first-order chi connectivity index (χ1) is 11.0. The lowest BCUT2D eigenvalue weighted by Gasteiger charge is -2.08. The van der Waals surface area contributed by atoms with Crippen molar-refractivity contribution in [3.63, 3.8) is 0 Å². The first-order valence-electron chi connectivity index (χ1n) is 6.84. The third-order valence-electron chi connectivity index (χ3n) is 3.34. The maximum atomic E-state index is 12.6. The molecule has 1 aromatic heterocycles. The Bertz CT molecular complexity index is 787. The van der Waals surface area contributed by atoms with E-state index >= 15 is 0 Å². The number of nitrogens with one attached hydrogen (secondary N) is 1. The van der Waals surface area contributed by atoms with Crippen LogP contribution in [0.5, 0.6) is 0 Å². The summed E-state index contributed by atoms with van der Waals surface area (Å²) in [6.07, 6.45) is 0.992. The number of hydrogen-bond donors (Lipinski definition) is 1. The molecule has 3 aromatic rings. The highest BCUT2D eigenvalue weighted by Gasteiger charge is 2.29.